The monoisotopic (exact) mass is 335 g/mol. The number of alkyl halides is 1. The van der Waals surface area contributed by atoms with E-state index in [2.05, 4.69) is 45.0 Å². The Morgan fingerprint density at radius 2 is 2.15 bits per heavy atom. The number of hydrogen-bond acceptors (Lipinski definition) is 3. The fourth-order valence-corrected chi connectivity index (χ4v) is 3.40. The molecule has 2 aromatic rings. The molecule has 1 aliphatic heterocycles. The number of aromatic nitrogens is 2. The summed E-state index contributed by atoms with van der Waals surface area (Å²) in [7, 11) is 2.01. The first kappa shape index (κ1) is 13.5. The molecule has 1 aromatic carbocycles. The fourth-order valence-electron chi connectivity index (χ4n) is 2.75. The van der Waals surface area contributed by atoms with Gasteiger partial charge in [0, 0.05) is 30.0 Å². The van der Waals surface area contributed by atoms with Gasteiger partial charge in [-0.2, -0.15) is 5.10 Å². The van der Waals surface area contributed by atoms with Crippen LogP contribution in [0.5, 0.6) is 5.75 Å². The summed E-state index contributed by atoms with van der Waals surface area (Å²) < 4.78 is 7.81. The van der Waals surface area contributed by atoms with Gasteiger partial charge in [-0.1, -0.05) is 34.1 Å². The molecular weight excluding hydrogens is 318 g/mol. The number of fused-ring (bicyclic) bond motifs is 1. The lowest BCUT2D eigenvalue weighted by molar-refractivity contribution is 0.331. The van der Waals surface area contributed by atoms with Crippen LogP contribution in [0.3, 0.4) is 0 Å². The van der Waals surface area contributed by atoms with Crippen molar-refractivity contribution in [1.29, 1.82) is 0 Å². The van der Waals surface area contributed by atoms with Gasteiger partial charge in [-0.25, -0.2) is 0 Å². The van der Waals surface area contributed by atoms with Gasteiger partial charge in [-0.05, 0) is 13.0 Å². The molecule has 0 aliphatic carbocycles. The van der Waals surface area contributed by atoms with Crippen LogP contribution in [0.4, 0.5) is 5.82 Å². The minimum atomic E-state index is 0.697. The van der Waals surface area contributed by atoms with Gasteiger partial charge in [0.05, 0.1) is 12.2 Å². The summed E-state index contributed by atoms with van der Waals surface area (Å²) in [5.74, 6) is 2.17. The van der Waals surface area contributed by atoms with Crippen molar-refractivity contribution in [2.45, 2.75) is 18.8 Å². The van der Waals surface area contributed by atoms with E-state index in [0.29, 0.717) is 6.61 Å². The first-order valence-electron chi connectivity index (χ1n) is 6.75. The molecule has 3 rings (SSSR count). The molecule has 0 saturated heterocycles. The zero-order valence-electron chi connectivity index (χ0n) is 11.8. The normalized spacial score (nSPS) is 14.7. The van der Waals surface area contributed by atoms with Crippen LogP contribution in [0, 0.1) is 6.92 Å². The Kier molecular flexibility index (Phi) is 3.70. The van der Waals surface area contributed by atoms with Crippen LogP contribution in [0.15, 0.2) is 24.3 Å². The number of halogens is 1. The number of anilines is 1. The summed E-state index contributed by atoms with van der Waals surface area (Å²) in [6.45, 7) is 4.48. The Bertz CT molecular complexity index is 624. The molecule has 20 heavy (non-hydrogen) atoms. The molecule has 4 nitrogen and oxygen atoms in total. The molecule has 106 valence electrons. The van der Waals surface area contributed by atoms with Gasteiger partial charge in [0.15, 0.2) is 0 Å². The van der Waals surface area contributed by atoms with Gasteiger partial charge < -0.3 is 9.64 Å². The van der Waals surface area contributed by atoms with Crippen LogP contribution < -0.4 is 9.64 Å². The molecule has 0 bridgehead atoms. The van der Waals surface area contributed by atoms with Crippen LogP contribution in [-0.2, 0) is 18.9 Å². The van der Waals surface area contributed by atoms with E-state index < -0.39 is 0 Å². The third-order valence-corrected chi connectivity index (χ3v) is 4.26. The van der Waals surface area contributed by atoms with E-state index >= 15 is 0 Å². The van der Waals surface area contributed by atoms with Crippen molar-refractivity contribution in [3.8, 4) is 5.75 Å². The maximum absolute atomic E-state index is 5.84. The van der Waals surface area contributed by atoms with Crippen molar-refractivity contribution >= 4 is 21.7 Å². The minimum absolute atomic E-state index is 0.697. The average Bonchev–Trinajstić information content (AvgIpc) is 2.62. The van der Waals surface area contributed by atoms with Crippen LogP contribution in [0.2, 0.25) is 0 Å². The summed E-state index contributed by atoms with van der Waals surface area (Å²) in [5.41, 5.74) is 3.56. The Labute approximate surface area is 127 Å². The van der Waals surface area contributed by atoms with Crippen LogP contribution >= 0.6 is 15.9 Å². The summed E-state index contributed by atoms with van der Waals surface area (Å²) in [6, 6.07) is 8.25. The highest BCUT2D eigenvalue weighted by Crippen LogP contribution is 2.30. The molecule has 2 heterocycles. The van der Waals surface area contributed by atoms with E-state index in [1.165, 1.54) is 16.9 Å². The van der Waals surface area contributed by atoms with Crippen molar-refractivity contribution in [3.63, 3.8) is 0 Å². The predicted molar refractivity (Wildman–Crippen MR) is 83.6 cm³/mol. The molecule has 0 unspecified atom stereocenters. The Balaban J connectivity index is 1.99. The van der Waals surface area contributed by atoms with Gasteiger partial charge in [-0.15, -0.1) is 0 Å². The van der Waals surface area contributed by atoms with E-state index in [0.717, 1.165) is 29.9 Å². The van der Waals surface area contributed by atoms with E-state index in [-0.39, 0.29) is 0 Å². The van der Waals surface area contributed by atoms with Crippen molar-refractivity contribution in [2.24, 2.45) is 7.05 Å². The number of ether oxygens (including phenoxy) is 1. The van der Waals surface area contributed by atoms with E-state index in [1.54, 1.807) is 0 Å². The smallest absolute Gasteiger partial charge is 0.131 e. The number of rotatable bonds is 2. The number of hydrogen-bond donors (Lipinski definition) is 0. The lowest BCUT2D eigenvalue weighted by Crippen LogP contribution is -2.28. The van der Waals surface area contributed by atoms with Crippen molar-refractivity contribution in [3.05, 3.63) is 41.1 Å². The van der Waals surface area contributed by atoms with Crippen LogP contribution in [0.25, 0.3) is 0 Å². The first-order chi connectivity index (χ1) is 9.70. The highest BCUT2D eigenvalue weighted by Gasteiger charge is 2.22. The maximum atomic E-state index is 5.84. The second-order valence-corrected chi connectivity index (χ2v) is 5.58. The topological polar surface area (TPSA) is 30.3 Å². The first-order valence-corrected chi connectivity index (χ1v) is 7.87. The average molecular weight is 336 g/mol. The summed E-state index contributed by atoms with van der Waals surface area (Å²) >= 11 is 3.58. The van der Waals surface area contributed by atoms with Gasteiger partial charge >= 0.3 is 0 Å². The quantitative estimate of drug-likeness (QED) is 0.790. The van der Waals surface area contributed by atoms with Crippen LogP contribution in [0.1, 0.15) is 16.8 Å². The Hall–Kier alpha value is -1.49. The molecule has 0 atom stereocenters. The van der Waals surface area contributed by atoms with Crippen LogP contribution in [-0.4, -0.2) is 22.9 Å². The molecule has 0 spiro atoms. The number of aryl methyl sites for hydroxylation is 2. The Morgan fingerprint density at radius 1 is 1.35 bits per heavy atom. The molecule has 1 aromatic heterocycles. The highest BCUT2D eigenvalue weighted by atomic mass is 79.9. The highest BCUT2D eigenvalue weighted by molar-refractivity contribution is 9.08. The number of nitrogens with zero attached hydrogens (tertiary/aromatic N) is 3. The third-order valence-electron chi connectivity index (χ3n) is 3.70. The predicted octanol–water partition coefficient (Wildman–Crippen LogP) is 3.02. The molecule has 0 amide bonds. The molecular formula is C15H18BrN3O. The lowest BCUT2D eigenvalue weighted by Gasteiger charge is -2.23. The van der Waals surface area contributed by atoms with E-state index in [9.17, 15) is 0 Å². The van der Waals surface area contributed by atoms with Gasteiger partial charge in [0.1, 0.15) is 18.2 Å². The third kappa shape index (κ3) is 2.30. The van der Waals surface area contributed by atoms with E-state index in [4.69, 9.17) is 4.74 Å². The summed E-state index contributed by atoms with van der Waals surface area (Å²) in [4.78, 5) is 2.35. The molecule has 0 saturated carbocycles. The SMILES string of the molecule is Cc1nn(C)c(N2CCOc3ccccc3C2)c1CBr. The lowest BCUT2D eigenvalue weighted by atomic mass is 10.2. The van der Waals surface area contributed by atoms with Crippen molar-refractivity contribution in [2.75, 3.05) is 18.1 Å². The number of benzene rings is 1. The van der Waals surface area contributed by atoms with Gasteiger partial charge in [0.2, 0.25) is 0 Å². The Morgan fingerprint density at radius 3 is 2.95 bits per heavy atom. The molecule has 1 aliphatic rings. The zero-order valence-corrected chi connectivity index (χ0v) is 13.4. The molecule has 0 fully saturated rings. The molecule has 0 N–H and O–H groups in total. The molecule has 0 radical (unpaired) electrons. The summed E-state index contributed by atoms with van der Waals surface area (Å²) in [6.07, 6.45) is 0. The zero-order chi connectivity index (χ0) is 14.1. The van der Waals surface area contributed by atoms with Gasteiger partial charge in [0.25, 0.3) is 0 Å². The second-order valence-electron chi connectivity index (χ2n) is 5.02. The largest absolute Gasteiger partial charge is 0.491 e. The van der Waals surface area contributed by atoms with Crippen molar-refractivity contribution < 1.29 is 4.74 Å². The van der Waals surface area contributed by atoms with Gasteiger partial charge in [-0.3, -0.25) is 4.68 Å². The van der Waals surface area contributed by atoms with E-state index in [1.807, 2.05) is 23.9 Å². The number of para-hydroxylation sites is 1. The fraction of sp³-hybridized carbons (Fsp3) is 0.400. The minimum Gasteiger partial charge on any atom is -0.491 e. The molecule has 5 heteroatoms. The maximum Gasteiger partial charge on any atom is 0.131 e. The second kappa shape index (κ2) is 5.48. The van der Waals surface area contributed by atoms with Crippen molar-refractivity contribution in [1.82, 2.24) is 9.78 Å². The standard InChI is InChI=1S/C15H18BrN3O/c1-11-13(9-16)15(18(2)17-11)19-7-8-20-14-6-4-3-5-12(14)10-19/h3-6H,7-10H2,1-2H3. The summed E-state index contributed by atoms with van der Waals surface area (Å²) in [5, 5.41) is 5.37.